The lowest BCUT2D eigenvalue weighted by Gasteiger charge is -1.84. The first kappa shape index (κ1) is 8.19. The van der Waals surface area contributed by atoms with Gasteiger partial charge in [0.2, 0.25) is 0 Å². The van der Waals surface area contributed by atoms with E-state index in [2.05, 4.69) is 4.98 Å². The Labute approximate surface area is 79.0 Å². The van der Waals surface area contributed by atoms with E-state index in [0.717, 1.165) is 10.6 Å². The predicted molar refractivity (Wildman–Crippen MR) is 49.8 cm³/mol. The number of rotatable bonds is 2. The normalized spacial score (nSPS) is 10.2. The molecule has 4 heteroatoms. The fraction of sp³-hybridized carbons (Fsp3) is 0.111. The second-order valence-corrected chi connectivity index (χ2v) is 3.63. The van der Waals surface area contributed by atoms with Crippen LogP contribution in [0.25, 0.3) is 10.6 Å². The van der Waals surface area contributed by atoms with Crippen LogP contribution in [0.4, 0.5) is 0 Å². The molecule has 2 rings (SSSR count). The van der Waals surface area contributed by atoms with Crippen LogP contribution in [0.2, 0.25) is 0 Å². The first-order valence-corrected chi connectivity index (χ1v) is 4.58. The van der Waals surface area contributed by atoms with Crippen LogP contribution in [-0.2, 0) is 0 Å². The smallest absolute Gasteiger partial charge is 0.171 e. The Morgan fingerprint density at radius 3 is 3.00 bits per heavy atom. The molecule has 0 aromatic carbocycles. The molecule has 0 aliphatic rings. The van der Waals surface area contributed by atoms with Crippen molar-refractivity contribution in [1.82, 2.24) is 4.98 Å². The number of hydrogen-bond donors (Lipinski definition) is 0. The van der Waals surface area contributed by atoms with Gasteiger partial charge in [0, 0.05) is 18.7 Å². The largest absolute Gasteiger partial charge is 0.472 e. The highest BCUT2D eigenvalue weighted by molar-refractivity contribution is 7.16. The standard InChI is InChI=1S/C9H7NO2S/c1-6(11)8-4-10-9(13-8)7-2-3-12-5-7/h2-5H,1H3. The zero-order chi connectivity index (χ0) is 9.26. The highest BCUT2D eigenvalue weighted by Gasteiger charge is 2.07. The molecule has 0 saturated carbocycles. The third kappa shape index (κ3) is 1.53. The topological polar surface area (TPSA) is 43.1 Å². The van der Waals surface area contributed by atoms with Crippen molar-refractivity contribution in [2.75, 3.05) is 0 Å². The van der Waals surface area contributed by atoms with Crippen LogP contribution in [0.3, 0.4) is 0 Å². The predicted octanol–water partition coefficient (Wildman–Crippen LogP) is 2.61. The van der Waals surface area contributed by atoms with Crippen molar-refractivity contribution < 1.29 is 9.21 Å². The molecule has 0 amide bonds. The van der Waals surface area contributed by atoms with E-state index in [1.807, 2.05) is 6.07 Å². The number of carbonyl (C=O) groups is 1. The summed E-state index contributed by atoms with van der Waals surface area (Å²) in [6.45, 7) is 1.53. The van der Waals surface area contributed by atoms with Crippen LogP contribution in [0.15, 0.2) is 29.2 Å². The van der Waals surface area contributed by atoms with E-state index in [9.17, 15) is 4.79 Å². The maximum Gasteiger partial charge on any atom is 0.171 e. The lowest BCUT2D eigenvalue weighted by Crippen LogP contribution is -1.83. The quantitative estimate of drug-likeness (QED) is 0.688. The lowest BCUT2D eigenvalue weighted by molar-refractivity contribution is 0.102. The molecular formula is C9H7NO2S. The zero-order valence-electron chi connectivity index (χ0n) is 6.98. The Morgan fingerprint density at radius 1 is 1.62 bits per heavy atom. The lowest BCUT2D eigenvalue weighted by atomic mass is 10.4. The average Bonchev–Trinajstić information content (AvgIpc) is 2.75. The zero-order valence-corrected chi connectivity index (χ0v) is 7.80. The molecule has 0 aliphatic heterocycles. The van der Waals surface area contributed by atoms with Gasteiger partial charge in [-0.05, 0) is 6.07 Å². The number of thiazole rings is 1. The van der Waals surface area contributed by atoms with E-state index in [1.54, 1.807) is 18.7 Å². The van der Waals surface area contributed by atoms with E-state index in [0.29, 0.717) is 4.88 Å². The van der Waals surface area contributed by atoms with Crippen LogP contribution in [0.1, 0.15) is 16.6 Å². The summed E-state index contributed by atoms with van der Waals surface area (Å²) in [6.07, 6.45) is 4.79. The van der Waals surface area contributed by atoms with Gasteiger partial charge in [0.1, 0.15) is 11.3 Å². The minimum atomic E-state index is 0.0484. The Balaban J connectivity index is 2.39. The number of nitrogens with zero attached hydrogens (tertiary/aromatic N) is 1. The molecule has 0 saturated heterocycles. The summed E-state index contributed by atoms with van der Waals surface area (Å²) in [5.74, 6) is 0.0484. The van der Waals surface area contributed by atoms with E-state index in [4.69, 9.17) is 4.42 Å². The summed E-state index contributed by atoms with van der Waals surface area (Å²) < 4.78 is 4.92. The molecule has 0 spiro atoms. The van der Waals surface area contributed by atoms with Gasteiger partial charge < -0.3 is 4.42 Å². The van der Waals surface area contributed by atoms with E-state index in [1.165, 1.54) is 18.3 Å². The van der Waals surface area contributed by atoms with E-state index >= 15 is 0 Å². The van der Waals surface area contributed by atoms with Gasteiger partial charge in [-0.15, -0.1) is 11.3 Å². The fourth-order valence-corrected chi connectivity index (χ4v) is 1.75. The summed E-state index contributed by atoms with van der Waals surface area (Å²) in [4.78, 5) is 15.8. The first-order valence-electron chi connectivity index (χ1n) is 3.76. The Morgan fingerprint density at radius 2 is 2.46 bits per heavy atom. The molecule has 3 nitrogen and oxygen atoms in total. The second-order valence-electron chi connectivity index (χ2n) is 2.60. The van der Waals surface area contributed by atoms with Crippen LogP contribution in [0.5, 0.6) is 0 Å². The monoisotopic (exact) mass is 193 g/mol. The molecule has 13 heavy (non-hydrogen) atoms. The van der Waals surface area contributed by atoms with Crippen LogP contribution in [-0.4, -0.2) is 10.8 Å². The molecule has 2 aromatic heterocycles. The molecule has 0 unspecified atom stereocenters. The van der Waals surface area contributed by atoms with Crippen molar-refractivity contribution in [2.45, 2.75) is 6.92 Å². The van der Waals surface area contributed by atoms with Gasteiger partial charge in [-0.25, -0.2) is 4.98 Å². The summed E-state index contributed by atoms with van der Waals surface area (Å²) in [5, 5.41) is 0.818. The summed E-state index contributed by atoms with van der Waals surface area (Å²) in [6, 6.07) is 1.82. The number of Topliss-reactive ketones (excluding diaryl/α,β-unsaturated/α-hetero) is 1. The third-order valence-electron chi connectivity index (χ3n) is 1.62. The molecule has 0 bridgehead atoms. The van der Waals surface area contributed by atoms with Gasteiger partial charge in [-0.2, -0.15) is 0 Å². The maximum atomic E-state index is 11.0. The van der Waals surface area contributed by atoms with Crippen LogP contribution >= 0.6 is 11.3 Å². The Bertz CT molecular complexity index is 417. The molecular weight excluding hydrogens is 186 g/mol. The minimum absolute atomic E-state index is 0.0484. The number of carbonyl (C=O) groups excluding carboxylic acids is 1. The van der Waals surface area contributed by atoms with Crippen molar-refractivity contribution in [3.8, 4) is 10.6 Å². The van der Waals surface area contributed by atoms with Gasteiger partial charge in [0.05, 0.1) is 11.1 Å². The number of furan rings is 1. The number of hydrogen-bond acceptors (Lipinski definition) is 4. The molecule has 2 aromatic rings. The van der Waals surface area contributed by atoms with Gasteiger partial charge in [0.25, 0.3) is 0 Å². The molecule has 0 aliphatic carbocycles. The van der Waals surface area contributed by atoms with Crippen molar-refractivity contribution in [2.24, 2.45) is 0 Å². The van der Waals surface area contributed by atoms with Gasteiger partial charge in [-0.1, -0.05) is 0 Å². The van der Waals surface area contributed by atoms with E-state index < -0.39 is 0 Å². The van der Waals surface area contributed by atoms with Gasteiger partial charge >= 0.3 is 0 Å². The van der Waals surface area contributed by atoms with Crippen LogP contribution in [0, 0.1) is 0 Å². The van der Waals surface area contributed by atoms with Crippen molar-refractivity contribution in [3.05, 3.63) is 29.7 Å². The molecule has 0 atom stereocenters. The van der Waals surface area contributed by atoms with E-state index in [-0.39, 0.29) is 5.78 Å². The second kappa shape index (κ2) is 3.14. The minimum Gasteiger partial charge on any atom is -0.472 e. The molecule has 0 radical (unpaired) electrons. The molecule has 0 fully saturated rings. The average molecular weight is 193 g/mol. The van der Waals surface area contributed by atoms with Crippen LogP contribution < -0.4 is 0 Å². The number of ketones is 1. The Hall–Kier alpha value is -1.42. The summed E-state index contributed by atoms with van der Waals surface area (Å²) in [7, 11) is 0. The SMILES string of the molecule is CC(=O)c1cnc(-c2ccoc2)s1. The fourth-order valence-electron chi connectivity index (χ4n) is 0.956. The van der Waals surface area contributed by atoms with Crippen molar-refractivity contribution in [1.29, 1.82) is 0 Å². The van der Waals surface area contributed by atoms with Gasteiger partial charge in [-0.3, -0.25) is 4.79 Å². The van der Waals surface area contributed by atoms with Gasteiger partial charge in [0.15, 0.2) is 5.78 Å². The van der Waals surface area contributed by atoms with Crippen molar-refractivity contribution in [3.63, 3.8) is 0 Å². The van der Waals surface area contributed by atoms with Crippen molar-refractivity contribution >= 4 is 17.1 Å². The number of aromatic nitrogens is 1. The first-order chi connectivity index (χ1) is 6.27. The Kier molecular flexibility index (Phi) is 1.98. The highest BCUT2D eigenvalue weighted by atomic mass is 32.1. The third-order valence-corrected chi connectivity index (χ3v) is 2.77. The maximum absolute atomic E-state index is 11.0. The molecule has 0 N–H and O–H groups in total. The summed E-state index contributed by atoms with van der Waals surface area (Å²) >= 11 is 1.38. The molecule has 66 valence electrons. The highest BCUT2D eigenvalue weighted by Crippen LogP contribution is 2.25. The molecule has 2 heterocycles. The summed E-state index contributed by atoms with van der Waals surface area (Å²) in [5.41, 5.74) is 0.914.